The van der Waals surface area contributed by atoms with Crippen LogP contribution in [-0.2, 0) is 4.74 Å². The zero-order valence-electron chi connectivity index (χ0n) is 9.17. The van der Waals surface area contributed by atoms with E-state index in [-0.39, 0.29) is 5.75 Å². The molecular formula is C12H17NO3. The maximum atomic E-state index is 10.00. The molecule has 1 aliphatic rings. The quantitative estimate of drug-likeness (QED) is 0.794. The van der Waals surface area contributed by atoms with E-state index < -0.39 is 6.10 Å². The third kappa shape index (κ3) is 2.95. The second-order valence-electron chi connectivity index (χ2n) is 4.02. The van der Waals surface area contributed by atoms with E-state index in [1.54, 1.807) is 24.3 Å². The van der Waals surface area contributed by atoms with E-state index in [4.69, 9.17) is 9.84 Å². The number of aromatic hydroxyl groups is 1. The fourth-order valence-corrected chi connectivity index (χ4v) is 1.83. The Morgan fingerprint density at radius 1 is 1.19 bits per heavy atom. The van der Waals surface area contributed by atoms with Crippen LogP contribution in [-0.4, -0.2) is 48.0 Å². The standard InChI is InChI=1S/C12H17NO3/c14-11-3-1-10(2-4-11)12(15)9-13-5-7-16-8-6-13/h1-4,12,14-15H,5-9H2/t12-/m0/s1. The number of benzene rings is 1. The number of phenolic OH excluding ortho intramolecular Hbond substituents is 1. The summed E-state index contributed by atoms with van der Waals surface area (Å²) in [7, 11) is 0. The van der Waals surface area contributed by atoms with Crippen molar-refractivity contribution >= 4 is 0 Å². The van der Waals surface area contributed by atoms with Crippen LogP contribution >= 0.6 is 0 Å². The average Bonchev–Trinajstić information content (AvgIpc) is 2.31. The van der Waals surface area contributed by atoms with Gasteiger partial charge in [-0.2, -0.15) is 0 Å². The van der Waals surface area contributed by atoms with Crippen molar-refractivity contribution < 1.29 is 14.9 Å². The SMILES string of the molecule is Oc1ccc([C@@H](O)CN2CCOCC2)cc1. The molecule has 0 spiro atoms. The summed E-state index contributed by atoms with van der Waals surface area (Å²) in [5, 5.41) is 19.2. The molecule has 1 saturated heterocycles. The topological polar surface area (TPSA) is 52.9 Å². The number of aliphatic hydroxyl groups is 1. The van der Waals surface area contributed by atoms with Crippen LogP contribution in [0, 0.1) is 0 Å². The van der Waals surface area contributed by atoms with E-state index in [1.165, 1.54) is 0 Å². The highest BCUT2D eigenvalue weighted by Crippen LogP contribution is 2.18. The minimum Gasteiger partial charge on any atom is -0.508 e. The van der Waals surface area contributed by atoms with Crippen molar-refractivity contribution in [3.63, 3.8) is 0 Å². The number of ether oxygens (including phenoxy) is 1. The van der Waals surface area contributed by atoms with Gasteiger partial charge in [0.15, 0.2) is 0 Å². The van der Waals surface area contributed by atoms with Crippen molar-refractivity contribution in [3.8, 4) is 5.75 Å². The molecule has 4 heteroatoms. The smallest absolute Gasteiger partial charge is 0.115 e. The Hall–Kier alpha value is -1.10. The summed E-state index contributed by atoms with van der Waals surface area (Å²) in [5.41, 5.74) is 0.837. The van der Waals surface area contributed by atoms with Crippen molar-refractivity contribution in [1.82, 2.24) is 4.90 Å². The van der Waals surface area contributed by atoms with E-state index >= 15 is 0 Å². The number of β-amino-alcohol motifs (C(OH)–C–C–N with tert-alkyl or cyclic N) is 1. The second-order valence-corrected chi connectivity index (χ2v) is 4.02. The predicted octanol–water partition coefficient (Wildman–Crippen LogP) is 0.758. The van der Waals surface area contributed by atoms with E-state index in [0.717, 1.165) is 31.9 Å². The summed E-state index contributed by atoms with van der Waals surface area (Å²) < 4.78 is 5.25. The molecule has 88 valence electrons. The lowest BCUT2D eigenvalue weighted by Crippen LogP contribution is -2.38. The summed E-state index contributed by atoms with van der Waals surface area (Å²) in [4.78, 5) is 2.18. The van der Waals surface area contributed by atoms with Crippen molar-refractivity contribution in [1.29, 1.82) is 0 Å². The Balaban J connectivity index is 1.91. The van der Waals surface area contributed by atoms with Gasteiger partial charge in [0.05, 0.1) is 19.3 Å². The van der Waals surface area contributed by atoms with Gasteiger partial charge >= 0.3 is 0 Å². The number of phenols is 1. The van der Waals surface area contributed by atoms with Crippen LogP contribution in [0.2, 0.25) is 0 Å². The molecule has 1 aliphatic heterocycles. The number of hydrogen-bond donors (Lipinski definition) is 2. The first kappa shape index (κ1) is 11.4. The van der Waals surface area contributed by atoms with E-state index in [9.17, 15) is 5.11 Å². The van der Waals surface area contributed by atoms with E-state index in [0.29, 0.717) is 6.54 Å². The van der Waals surface area contributed by atoms with Crippen LogP contribution in [0.3, 0.4) is 0 Å². The first-order chi connectivity index (χ1) is 7.75. The number of morpholine rings is 1. The molecule has 0 radical (unpaired) electrons. The molecule has 16 heavy (non-hydrogen) atoms. The maximum Gasteiger partial charge on any atom is 0.115 e. The molecule has 0 amide bonds. The third-order valence-corrected chi connectivity index (χ3v) is 2.81. The largest absolute Gasteiger partial charge is 0.508 e. The summed E-state index contributed by atoms with van der Waals surface area (Å²) in [6.45, 7) is 3.84. The Morgan fingerprint density at radius 3 is 2.44 bits per heavy atom. The van der Waals surface area contributed by atoms with Gasteiger partial charge in [0.25, 0.3) is 0 Å². The van der Waals surface area contributed by atoms with Gasteiger partial charge in [-0.1, -0.05) is 12.1 Å². The van der Waals surface area contributed by atoms with Crippen LogP contribution in [0.4, 0.5) is 0 Å². The maximum absolute atomic E-state index is 10.00. The van der Waals surface area contributed by atoms with Gasteiger partial charge in [-0.05, 0) is 17.7 Å². The monoisotopic (exact) mass is 223 g/mol. The highest BCUT2D eigenvalue weighted by molar-refractivity contribution is 5.27. The molecule has 0 saturated carbocycles. The lowest BCUT2D eigenvalue weighted by molar-refractivity contribution is 0.0143. The van der Waals surface area contributed by atoms with Crippen molar-refractivity contribution in [3.05, 3.63) is 29.8 Å². The molecular weight excluding hydrogens is 206 g/mol. The minimum atomic E-state index is -0.501. The highest BCUT2D eigenvalue weighted by atomic mass is 16.5. The van der Waals surface area contributed by atoms with Gasteiger partial charge in [0.2, 0.25) is 0 Å². The molecule has 0 bridgehead atoms. The highest BCUT2D eigenvalue weighted by Gasteiger charge is 2.15. The molecule has 0 unspecified atom stereocenters. The lowest BCUT2D eigenvalue weighted by atomic mass is 10.1. The summed E-state index contributed by atoms with van der Waals surface area (Å²) in [6.07, 6.45) is -0.501. The molecule has 0 aliphatic carbocycles. The van der Waals surface area contributed by atoms with E-state index in [1.807, 2.05) is 0 Å². The molecule has 1 aromatic rings. The van der Waals surface area contributed by atoms with Gasteiger partial charge in [-0.15, -0.1) is 0 Å². The van der Waals surface area contributed by atoms with Crippen LogP contribution in [0.25, 0.3) is 0 Å². The zero-order valence-corrected chi connectivity index (χ0v) is 9.17. The van der Waals surface area contributed by atoms with Crippen LogP contribution < -0.4 is 0 Å². The molecule has 1 aromatic carbocycles. The molecule has 1 heterocycles. The average molecular weight is 223 g/mol. The molecule has 2 N–H and O–H groups in total. The van der Waals surface area contributed by atoms with Crippen LogP contribution in [0.15, 0.2) is 24.3 Å². The Bertz CT molecular complexity index is 320. The van der Waals surface area contributed by atoms with Crippen LogP contribution in [0.1, 0.15) is 11.7 Å². The van der Waals surface area contributed by atoms with Crippen molar-refractivity contribution in [2.75, 3.05) is 32.8 Å². The normalized spacial score (nSPS) is 19.6. The van der Waals surface area contributed by atoms with Gasteiger partial charge < -0.3 is 14.9 Å². The van der Waals surface area contributed by atoms with Gasteiger partial charge in [-0.25, -0.2) is 0 Å². The third-order valence-electron chi connectivity index (χ3n) is 2.81. The second kappa shape index (κ2) is 5.30. The molecule has 4 nitrogen and oxygen atoms in total. The number of hydrogen-bond acceptors (Lipinski definition) is 4. The number of aliphatic hydroxyl groups excluding tert-OH is 1. The van der Waals surface area contributed by atoms with Crippen molar-refractivity contribution in [2.24, 2.45) is 0 Å². The van der Waals surface area contributed by atoms with Crippen molar-refractivity contribution in [2.45, 2.75) is 6.10 Å². The first-order valence-corrected chi connectivity index (χ1v) is 5.53. The van der Waals surface area contributed by atoms with Gasteiger partial charge in [0.1, 0.15) is 5.75 Å². The van der Waals surface area contributed by atoms with Gasteiger partial charge in [-0.3, -0.25) is 4.90 Å². The Kier molecular flexibility index (Phi) is 3.77. The first-order valence-electron chi connectivity index (χ1n) is 5.53. The molecule has 0 aromatic heterocycles. The number of rotatable bonds is 3. The predicted molar refractivity (Wildman–Crippen MR) is 60.3 cm³/mol. The molecule has 1 atom stereocenters. The Labute approximate surface area is 95.1 Å². The summed E-state index contributed by atoms with van der Waals surface area (Å²) >= 11 is 0. The van der Waals surface area contributed by atoms with Gasteiger partial charge in [0, 0.05) is 19.6 Å². The minimum absolute atomic E-state index is 0.224. The van der Waals surface area contributed by atoms with E-state index in [2.05, 4.69) is 4.90 Å². The Morgan fingerprint density at radius 2 is 1.81 bits per heavy atom. The lowest BCUT2D eigenvalue weighted by Gasteiger charge is -2.28. The summed E-state index contributed by atoms with van der Waals surface area (Å²) in [5.74, 6) is 0.224. The fourth-order valence-electron chi connectivity index (χ4n) is 1.83. The summed E-state index contributed by atoms with van der Waals surface area (Å²) in [6, 6.07) is 6.69. The number of nitrogens with zero attached hydrogens (tertiary/aromatic N) is 1. The fraction of sp³-hybridized carbons (Fsp3) is 0.500. The molecule has 1 fully saturated rings. The van der Waals surface area contributed by atoms with Crippen LogP contribution in [0.5, 0.6) is 5.75 Å². The zero-order chi connectivity index (χ0) is 11.4. The molecule has 2 rings (SSSR count).